The summed E-state index contributed by atoms with van der Waals surface area (Å²) in [7, 11) is 0. The number of benzene rings is 1. The van der Waals surface area contributed by atoms with E-state index in [2.05, 4.69) is 20.8 Å². The first-order valence-electron chi connectivity index (χ1n) is 13.7. The van der Waals surface area contributed by atoms with Gasteiger partial charge in [-0.05, 0) is 37.0 Å². The van der Waals surface area contributed by atoms with Crippen LogP contribution in [0, 0.1) is 5.92 Å². The highest BCUT2D eigenvalue weighted by Gasteiger charge is 2.32. The normalized spacial score (nSPS) is 19.9. The van der Waals surface area contributed by atoms with Gasteiger partial charge in [-0.1, -0.05) is 12.1 Å². The number of anilines is 1. The van der Waals surface area contributed by atoms with Gasteiger partial charge in [0.15, 0.2) is 11.6 Å². The van der Waals surface area contributed by atoms with E-state index in [1.807, 2.05) is 6.07 Å². The molecule has 3 fully saturated rings. The zero-order valence-corrected chi connectivity index (χ0v) is 22.5. The molecule has 7 nitrogen and oxygen atoms in total. The van der Waals surface area contributed by atoms with Gasteiger partial charge in [0.1, 0.15) is 0 Å². The number of halogens is 3. The SMILES string of the molecule is FC(F)(F)n1ccc2c(-c3nc(N4CCOCC4)c4sc(CN5CCN(CC6CC6)CC5)cc4n3)cccc21. The highest BCUT2D eigenvalue weighted by atomic mass is 32.1. The minimum Gasteiger partial charge on any atom is -0.378 e. The van der Waals surface area contributed by atoms with Gasteiger partial charge in [0, 0.05) is 74.4 Å². The molecular weight excluding hydrogens is 525 g/mol. The average molecular weight is 557 g/mol. The standard InChI is InChI=1S/C28H31F3N6OS/c29-28(30,31)37-7-6-21-22(2-1-3-24(21)37)26-32-23-16-20(18-35-10-8-34(9-11-35)17-19-4-5-19)39-25(23)27(33-26)36-12-14-38-15-13-36/h1-3,6-7,16,19H,4-5,8-15,17-18H2. The molecule has 7 rings (SSSR count). The van der Waals surface area contributed by atoms with Crippen LogP contribution in [0.5, 0.6) is 0 Å². The number of morpholine rings is 1. The van der Waals surface area contributed by atoms with Gasteiger partial charge in [0.25, 0.3) is 0 Å². The highest BCUT2D eigenvalue weighted by molar-refractivity contribution is 7.19. The van der Waals surface area contributed by atoms with Crippen LogP contribution in [0.2, 0.25) is 0 Å². The molecule has 3 aliphatic rings. The van der Waals surface area contributed by atoms with Gasteiger partial charge in [-0.25, -0.2) is 9.97 Å². The molecule has 206 valence electrons. The summed E-state index contributed by atoms with van der Waals surface area (Å²) >= 11 is 1.73. The van der Waals surface area contributed by atoms with E-state index in [-0.39, 0.29) is 5.52 Å². The fourth-order valence-electron chi connectivity index (χ4n) is 5.75. The first-order valence-corrected chi connectivity index (χ1v) is 14.5. The summed E-state index contributed by atoms with van der Waals surface area (Å²) in [5.74, 6) is 2.21. The Bertz CT molecular complexity index is 1480. The molecule has 1 aliphatic carbocycles. The van der Waals surface area contributed by atoms with Crippen LogP contribution >= 0.6 is 11.3 Å². The van der Waals surface area contributed by atoms with E-state index in [9.17, 15) is 13.2 Å². The molecule has 11 heteroatoms. The number of hydrogen-bond donors (Lipinski definition) is 0. The minimum atomic E-state index is -4.49. The van der Waals surface area contributed by atoms with Crippen molar-refractivity contribution in [1.29, 1.82) is 0 Å². The predicted molar refractivity (Wildman–Crippen MR) is 147 cm³/mol. The number of thiophene rings is 1. The summed E-state index contributed by atoms with van der Waals surface area (Å²) in [6.07, 6.45) is -0.642. The van der Waals surface area contributed by atoms with Crippen LogP contribution in [0.3, 0.4) is 0 Å². The van der Waals surface area contributed by atoms with E-state index in [1.165, 1.54) is 36.4 Å². The topological polar surface area (TPSA) is 49.7 Å². The van der Waals surface area contributed by atoms with E-state index in [4.69, 9.17) is 14.7 Å². The summed E-state index contributed by atoms with van der Waals surface area (Å²) < 4.78 is 47.7. The quantitative estimate of drug-likeness (QED) is 0.327. The third kappa shape index (κ3) is 5.13. The van der Waals surface area contributed by atoms with Gasteiger partial charge in [0.05, 0.1) is 28.9 Å². The number of ether oxygens (including phenoxy) is 1. The van der Waals surface area contributed by atoms with Crippen molar-refractivity contribution in [2.45, 2.75) is 25.7 Å². The Morgan fingerprint density at radius 2 is 1.72 bits per heavy atom. The Hall–Kier alpha value is -2.73. The van der Waals surface area contributed by atoms with Crippen molar-refractivity contribution < 1.29 is 17.9 Å². The van der Waals surface area contributed by atoms with E-state index in [1.54, 1.807) is 17.4 Å². The number of nitrogens with zero attached hydrogens (tertiary/aromatic N) is 6. The molecule has 0 amide bonds. The van der Waals surface area contributed by atoms with Crippen LogP contribution in [-0.2, 0) is 17.6 Å². The average Bonchev–Trinajstić information content (AvgIpc) is 3.47. The molecule has 3 aromatic heterocycles. The molecule has 5 heterocycles. The monoisotopic (exact) mass is 556 g/mol. The number of fused-ring (bicyclic) bond motifs is 2. The van der Waals surface area contributed by atoms with Crippen LogP contribution in [0.25, 0.3) is 32.5 Å². The van der Waals surface area contributed by atoms with Gasteiger partial charge < -0.3 is 14.5 Å². The van der Waals surface area contributed by atoms with Crippen molar-refractivity contribution in [1.82, 2.24) is 24.3 Å². The smallest absolute Gasteiger partial charge is 0.378 e. The first kappa shape index (κ1) is 25.3. The first-order chi connectivity index (χ1) is 18.9. The summed E-state index contributed by atoms with van der Waals surface area (Å²) in [6.45, 7) is 9.16. The number of alkyl halides is 3. The van der Waals surface area contributed by atoms with Gasteiger partial charge in [-0.3, -0.25) is 9.47 Å². The molecule has 1 saturated carbocycles. The Balaban J connectivity index is 1.23. The van der Waals surface area contributed by atoms with Crippen molar-refractivity contribution in [3.05, 3.63) is 41.4 Å². The molecule has 1 aromatic carbocycles. The zero-order chi connectivity index (χ0) is 26.6. The van der Waals surface area contributed by atoms with Crippen LogP contribution < -0.4 is 4.90 Å². The lowest BCUT2D eigenvalue weighted by molar-refractivity contribution is -0.200. The van der Waals surface area contributed by atoms with Crippen molar-refractivity contribution in [2.75, 3.05) is 63.9 Å². The van der Waals surface area contributed by atoms with Gasteiger partial charge >= 0.3 is 6.30 Å². The van der Waals surface area contributed by atoms with Gasteiger partial charge in [-0.15, -0.1) is 24.5 Å². The Labute approximate surface area is 228 Å². The number of rotatable bonds is 6. The molecule has 2 aliphatic heterocycles. The molecule has 39 heavy (non-hydrogen) atoms. The molecule has 0 unspecified atom stereocenters. The molecule has 2 saturated heterocycles. The van der Waals surface area contributed by atoms with Crippen LogP contribution in [0.1, 0.15) is 17.7 Å². The van der Waals surface area contributed by atoms with Crippen molar-refractivity contribution in [3.8, 4) is 11.4 Å². The second-order valence-electron chi connectivity index (χ2n) is 10.8. The lowest BCUT2D eigenvalue weighted by Gasteiger charge is -2.34. The number of hydrogen-bond acceptors (Lipinski definition) is 7. The maximum absolute atomic E-state index is 13.6. The molecule has 0 atom stereocenters. The number of piperazine rings is 1. The predicted octanol–water partition coefficient (Wildman–Crippen LogP) is 5.15. The fraction of sp³-hybridized carbons (Fsp3) is 0.500. The Kier molecular flexibility index (Phi) is 6.49. The van der Waals surface area contributed by atoms with Gasteiger partial charge in [-0.2, -0.15) is 0 Å². The maximum atomic E-state index is 13.6. The summed E-state index contributed by atoms with van der Waals surface area (Å²) in [6, 6.07) is 8.58. The zero-order valence-electron chi connectivity index (χ0n) is 21.7. The van der Waals surface area contributed by atoms with E-state index in [0.717, 1.165) is 74.0 Å². The summed E-state index contributed by atoms with van der Waals surface area (Å²) in [4.78, 5) is 18.5. The fourth-order valence-corrected chi connectivity index (χ4v) is 6.91. The van der Waals surface area contributed by atoms with Crippen LogP contribution in [-0.4, -0.2) is 83.4 Å². The van der Waals surface area contributed by atoms with Crippen molar-refractivity contribution in [2.24, 2.45) is 5.92 Å². The lowest BCUT2D eigenvalue weighted by Crippen LogP contribution is -2.46. The summed E-state index contributed by atoms with van der Waals surface area (Å²) in [5.41, 5.74) is 1.55. The Morgan fingerprint density at radius 3 is 2.46 bits per heavy atom. The molecule has 0 radical (unpaired) electrons. The lowest BCUT2D eigenvalue weighted by atomic mass is 10.1. The third-order valence-corrected chi connectivity index (χ3v) is 9.13. The van der Waals surface area contributed by atoms with Gasteiger partial charge in [0.2, 0.25) is 0 Å². The highest BCUT2D eigenvalue weighted by Crippen LogP contribution is 2.38. The van der Waals surface area contributed by atoms with Crippen LogP contribution in [0.4, 0.5) is 19.0 Å². The second kappa shape index (κ2) is 10.0. The maximum Gasteiger partial charge on any atom is 0.488 e. The van der Waals surface area contributed by atoms with Crippen LogP contribution in [0.15, 0.2) is 36.5 Å². The molecule has 0 N–H and O–H groups in total. The van der Waals surface area contributed by atoms with E-state index >= 15 is 0 Å². The molecule has 0 spiro atoms. The van der Waals surface area contributed by atoms with Crippen molar-refractivity contribution >= 4 is 38.3 Å². The van der Waals surface area contributed by atoms with E-state index < -0.39 is 6.30 Å². The third-order valence-electron chi connectivity index (χ3n) is 8.02. The van der Waals surface area contributed by atoms with Crippen molar-refractivity contribution in [3.63, 3.8) is 0 Å². The minimum absolute atomic E-state index is 0.100. The molecular formula is C28H31F3N6OS. The number of aromatic nitrogens is 3. The second-order valence-corrected chi connectivity index (χ2v) is 11.9. The Morgan fingerprint density at radius 1 is 0.949 bits per heavy atom. The summed E-state index contributed by atoms with van der Waals surface area (Å²) in [5, 5.41) is 0.488. The van der Waals surface area contributed by atoms with E-state index in [0.29, 0.717) is 34.6 Å². The largest absolute Gasteiger partial charge is 0.488 e. The molecule has 0 bridgehead atoms. The molecule has 4 aromatic rings.